The number of hydrogen-bond donors (Lipinski definition) is 0. The van der Waals surface area contributed by atoms with Gasteiger partial charge in [-0.3, -0.25) is 19.8 Å². The normalized spacial score (nSPS) is 17.4. The molecule has 4 rings (SSSR count). The van der Waals surface area contributed by atoms with E-state index in [-0.39, 0.29) is 17.4 Å². The molecule has 32 heavy (non-hydrogen) atoms. The van der Waals surface area contributed by atoms with Crippen LogP contribution in [0.25, 0.3) is 0 Å². The standard InChI is InChI=1S/C22H24ClFN4O4/c23-18-2-1-3-19(24)17(18)15-25-6-8-26(9-7-25)20-5-4-16(14-21(20)28(30)31)22(29)27-10-12-32-13-11-27/h1-5,14H,6-13,15H2. The minimum Gasteiger partial charge on any atom is -0.378 e. The molecular weight excluding hydrogens is 439 g/mol. The molecule has 0 radical (unpaired) electrons. The molecule has 170 valence electrons. The molecule has 2 saturated heterocycles. The van der Waals surface area contributed by atoms with Gasteiger partial charge in [-0.25, -0.2) is 4.39 Å². The molecule has 2 aromatic rings. The first-order chi connectivity index (χ1) is 15.4. The van der Waals surface area contributed by atoms with E-state index in [9.17, 15) is 19.3 Å². The van der Waals surface area contributed by atoms with Crippen molar-refractivity contribution < 1.29 is 18.8 Å². The fraction of sp³-hybridized carbons (Fsp3) is 0.409. The van der Waals surface area contributed by atoms with Gasteiger partial charge in [0, 0.05) is 68.0 Å². The third-order valence-corrected chi connectivity index (χ3v) is 6.23. The van der Waals surface area contributed by atoms with Gasteiger partial charge in [0.25, 0.3) is 11.6 Å². The number of halogens is 2. The van der Waals surface area contributed by atoms with Gasteiger partial charge in [-0.15, -0.1) is 0 Å². The van der Waals surface area contributed by atoms with Crippen molar-refractivity contribution in [2.45, 2.75) is 6.54 Å². The highest BCUT2D eigenvalue weighted by Crippen LogP contribution is 2.31. The Kier molecular flexibility index (Phi) is 6.88. The third kappa shape index (κ3) is 4.85. The van der Waals surface area contributed by atoms with E-state index in [1.807, 2.05) is 4.90 Å². The lowest BCUT2D eigenvalue weighted by molar-refractivity contribution is -0.384. The second-order valence-electron chi connectivity index (χ2n) is 7.83. The monoisotopic (exact) mass is 462 g/mol. The summed E-state index contributed by atoms with van der Waals surface area (Å²) in [6, 6.07) is 9.28. The summed E-state index contributed by atoms with van der Waals surface area (Å²) in [7, 11) is 0. The van der Waals surface area contributed by atoms with E-state index in [1.54, 1.807) is 29.2 Å². The number of carbonyl (C=O) groups is 1. The van der Waals surface area contributed by atoms with Crippen LogP contribution in [-0.4, -0.2) is 73.1 Å². The minimum absolute atomic E-state index is 0.0882. The zero-order valence-electron chi connectivity index (χ0n) is 17.5. The second-order valence-corrected chi connectivity index (χ2v) is 8.24. The molecule has 1 amide bonds. The Bertz CT molecular complexity index is 987. The average Bonchev–Trinajstić information content (AvgIpc) is 2.81. The summed E-state index contributed by atoms with van der Waals surface area (Å²) in [5, 5.41) is 12.2. The molecular formula is C22H24ClFN4O4. The maximum atomic E-state index is 14.1. The van der Waals surface area contributed by atoms with Crippen LogP contribution in [0.4, 0.5) is 15.8 Å². The number of carbonyl (C=O) groups excluding carboxylic acids is 1. The smallest absolute Gasteiger partial charge is 0.293 e. The number of benzene rings is 2. The molecule has 2 aliphatic heterocycles. The van der Waals surface area contributed by atoms with Gasteiger partial charge >= 0.3 is 0 Å². The first kappa shape index (κ1) is 22.4. The molecule has 2 fully saturated rings. The second kappa shape index (κ2) is 9.81. The summed E-state index contributed by atoms with van der Waals surface area (Å²) in [5.74, 6) is -0.564. The SMILES string of the molecule is O=C(c1ccc(N2CCN(Cc3c(F)cccc3Cl)CC2)c([N+](=O)[O-])c1)N1CCOCC1. The van der Waals surface area contributed by atoms with Crippen LogP contribution in [0.5, 0.6) is 0 Å². The van der Waals surface area contributed by atoms with E-state index >= 15 is 0 Å². The van der Waals surface area contributed by atoms with Gasteiger partial charge in [0.2, 0.25) is 0 Å². The summed E-state index contributed by atoms with van der Waals surface area (Å²) >= 11 is 6.14. The Morgan fingerprint density at radius 2 is 1.81 bits per heavy atom. The molecule has 10 heteroatoms. The molecule has 0 spiro atoms. The van der Waals surface area contributed by atoms with E-state index < -0.39 is 4.92 Å². The Morgan fingerprint density at radius 1 is 1.09 bits per heavy atom. The zero-order valence-corrected chi connectivity index (χ0v) is 18.3. The summed E-state index contributed by atoms with van der Waals surface area (Å²) in [6.45, 7) is 4.57. The molecule has 0 saturated carbocycles. The van der Waals surface area contributed by atoms with Crippen LogP contribution in [0.3, 0.4) is 0 Å². The van der Waals surface area contributed by atoms with Gasteiger partial charge in [0.15, 0.2) is 0 Å². The molecule has 2 aliphatic rings. The molecule has 2 heterocycles. The summed E-state index contributed by atoms with van der Waals surface area (Å²) < 4.78 is 19.4. The van der Waals surface area contributed by atoms with E-state index in [1.165, 1.54) is 12.1 Å². The predicted molar refractivity (Wildman–Crippen MR) is 119 cm³/mol. The van der Waals surface area contributed by atoms with E-state index in [4.69, 9.17) is 16.3 Å². The largest absolute Gasteiger partial charge is 0.378 e. The number of nitrogens with zero attached hydrogens (tertiary/aromatic N) is 4. The van der Waals surface area contributed by atoms with Crippen LogP contribution in [0.1, 0.15) is 15.9 Å². The number of ether oxygens (including phenoxy) is 1. The molecule has 0 bridgehead atoms. The third-order valence-electron chi connectivity index (χ3n) is 5.87. The quantitative estimate of drug-likeness (QED) is 0.501. The Hall–Kier alpha value is -2.75. The van der Waals surface area contributed by atoms with Crippen LogP contribution in [-0.2, 0) is 11.3 Å². The zero-order chi connectivity index (χ0) is 22.7. The lowest BCUT2D eigenvalue weighted by Gasteiger charge is -2.36. The number of amides is 1. The van der Waals surface area contributed by atoms with Crippen molar-refractivity contribution in [3.63, 3.8) is 0 Å². The van der Waals surface area contributed by atoms with Crippen molar-refractivity contribution in [3.8, 4) is 0 Å². The van der Waals surface area contributed by atoms with Gasteiger partial charge in [-0.05, 0) is 24.3 Å². The number of nitro groups is 1. The number of piperazine rings is 1. The van der Waals surface area contributed by atoms with Crippen LogP contribution < -0.4 is 4.90 Å². The molecule has 0 unspecified atom stereocenters. The molecule has 0 aliphatic carbocycles. The van der Waals surface area contributed by atoms with Crippen molar-refractivity contribution in [1.29, 1.82) is 0 Å². The number of morpholine rings is 1. The highest BCUT2D eigenvalue weighted by Gasteiger charge is 2.27. The van der Waals surface area contributed by atoms with Crippen LogP contribution >= 0.6 is 11.6 Å². The van der Waals surface area contributed by atoms with Gasteiger partial charge in [-0.1, -0.05) is 17.7 Å². The Labute approximate surface area is 190 Å². The highest BCUT2D eigenvalue weighted by atomic mass is 35.5. The highest BCUT2D eigenvalue weighted by molar-refractivity contribution is 6.31. The van der Waals surface area contributed by atoms with Crippen molar-refractivity contribution in [1.82, 2.24) is 9.80 Å². The van der Waals surface area contributed by atoms with Gasteiger partial charge in [0.1, 0.15) is 11.5 Å². The molecule has 2 aromatic carbocycles. The summed E-state index contributed by atoms with van der Waals surface area (Å²) in [4.78, 5) is 29.7. The molecule has 0 aromatic heterocycles. The van der Waals surface area contributed by atoms with Gasteiger partial charge < -0.3 is 14.5 Å². The van der Waals surface area contributed by atoms with Gasteiger partial charge in [-0.2, -0.15) is 0 Å². The topological polar surface area (TPSA) is 79.2 Å². The first-order valence-electron chi connectivity index (χ1n) is 10.5. The van der Waals surface area contributed by atoms with E-state index in [0.717, 1.165) is 0 Å². The fourth-order valence-electron chi connectivity index (χ4n) is 4.07. The minimum atomic E-state index is -0.447. The lowest BCUT2D eigenvalue weighted by atomic mass is 10.1. The number of hydrogen-bond acceptors (Lipinski definition) is 6. The van der Waals surface area contributed by atoms with Crippen LogP contribution in [0.15, 0.2) is 36.4 Å². The first-order valence-corrected chi connectivity index (χ1v) is 10.9. The van der Waals surface area contributed by atoms with E-state index in [2.05, 4.69) is 4.90 Å². The van der Waals surface area contributed by atoms with Crippen LogP contribution in [0, 0.1) is 15.9 Å². The molecule has 8 nitrogen and oxygen atoms in total. The molecule has 0 N–H and O–H groups in total. The maximum Gasteiger partial charge on any atom is 0.293 e. The average molecular weight is 463 g/mol. The number of nitro benzene ring substituents is 1. The van der Waals surface area contributed by atoms with Crippen LogP contribution in [0.2, 0.25) is 5.02 Å². The Balaban J connectivity index is 1.45. The van der Waals surface area contributed by atoms with Crippen molar-refractivity contribution in [3.05, 3.63) is 68.5 Å². The summed E-state index contributed by atoms with van der Waals surface area (Å²) in [5.41, 5.74) is 1.15. The van der Waals surface area contributed by atoms with Gasteiger partial charge in [0.05, 0.1) is 18.1 Å². The van der Waals surface area contributed by atoms with Crippen molar-refractivity contribution in [2.24, 2.45) is 0 Å². The fourth-order valence-corrected chi connectivity index (χ4v) is 4.30. The summed E-state index contributed by atoms with van der Waals surface area (Å²) in [6.07, 6.45) is 0. The van der Waals surface area contributed by atoms with Crippen molar-refractivity contribution >= 4 is 28.9 Å². The van der Waals surface area contributed by atoms with E-state index in [0.29, 0.717) is 80.9 Å². The lowest BCUT2D eigenvalue weighted by Crippen LogP contribution is -2.46. The van der Waals surface area contributed by atoms with Crippen molar-refractivity contribution in [2.75, 3.05) is 57.4 Å². The number of anilines is 1. The molecule has 0 atom stereocenters. The maximum absolute atomic E-state index is 14.1. The predicted octanol–water partition coefficient (Wildman–Crippen LogP) is 3.18. The Morgan fingerprint density at radius 3 is 2.47 bits per heavy atom. The number of rotatable bonds is 5.